The van der Waals surface area contributed by atoms with Crippen LogP contribution in [0.1, 0.15) is 49.0 Å². The number of carbonyl (C=O) groups is 1. The fourth-order valence-electron chi connectivity index (χ4n) is 2.93. The maximum Gasteiger partial charge on any atom is 0.337 e. The number of nitrogens with zero attached hydrogens (tertiary/aromatic N) is 1. The van der Waals surface area contributed by atoms with Gasteiger partial charge in [-0.25, -0.2) is 4.79 Å². The van der Waals surface area contributed by atoms with E-state index in [1.54, 1.807) is 6.07 Å². The summed E-state index contributed by atoms with van der Waals surface area (Å²) in [6, 6.07) is 6.41. The van der Waals surface area contributed by atoms with E-state index in [0.29, 0.717) is 17.6 Å². The third-order valence-corrected chi connectivity index (χ3v) is 3.86. The van der Waals surface area contributed by atoms with Gasteiger partial charge in [-0.2, -0.15) is 0 Å². The number of hydrogen-bond acceptors (Lipinski definition) is 2. The van der Waals surface area contributed by atoms with Gasteiger partial charge < -0.3 is 10.0 Å². The van der Waals surface area contributed by atoms with Crippen molar-refractivity contribution < 1.29 is 9.90 Å². The van der Waals surface area contributed by atoms with E-state index in [-0.39, 0.29) is 0 Å². The predicted molar refractivity (Wildman–Crippen MR) is 73.4 cm³/mol. The monoisotopic (exact) mass is 247 g/mol. The number of piperidine rings is 1. The van der Waals surface area contributed by atoms with Crippen LogP contribution in [0.5, 0.6) is 0 Å². The molecule has 3 nitrogen and oxygen atoms in total. The molecule has 18 heavy (non-hydrogen) atoms. The number of carboxylic acid groups (broad SMARTS) is 1. The summed E-state index contributed by atoms with van der Waals surface area (Å²) in [6.45, 7) is 6.38. The standard InChI is InChI=1S/C15H21NO2/c1-10-7-8-13(15(17)18)14(9-10)16-11(2)5-4-6-12(16)3/h7-9,11-12H,4-6H2,1-3H3,(H,17,18). The van der Waals surface area contributed by atoms with Gasteiger partial charge >= 0.3 is 5.97 Å². The molecular formula is C15H21NO2. The van der Waals surface area contributed by atoms with E-state index >= 15 is 0 Å². The Morgan fingerprint density at radius 3 is 2.44 bits per heavy atom. The first kappa shape index (κ1) is 12.9. The van der Waals surface area contributed by atoms with Gasteiger partial charge in [0.15, 0.2) is 0 Å². The van der Waals surface area contributed by atoms with Crippen molar-refractivity contribution in [2.45, 2.75) is 52.1 Å². The minimum absolute atomic E-state index is 0.411. The molecule has 1 aromatic carbocycles. The number of anilines is 1. The maximum absolute atomic E-state index is 11.4. The average Bonchev–Trinajstić information content (AvgIpc) is 2.28. The Hall–Kier alpha value is -1.51. The topological polar surface area (TPSA) is 40.5 Å². The van der Waals surface area contributed by atoms with Gasteiger partial charge in [0.2, 0.25) is 0 Å². The van der Waals surface area contributed by atoms with Crippen LogP contribution in [0.25, 0.3) is 0 Å². The van der Waals surface area contributed by atoms with Crippen LogP contribution in [0.3, 0.4) is 0 Å². The summed E-state index contributed by atoms with van der Waals surface area (Å²) in [5, 5.41) is 9.33. The van der Waals surface area contributed by atoms with Crippen molar-refractivity contribution in [2.75, 3.05) is 4.90 Å². The van der Waals surface area contributed by atoms with Gasteiger partial charge in [-0.3, -0.25) is 0 Å². The second-order valence-electron chi connectivity index (χ2n) is 5.36. The molecule has 0 aromatic heterocycles. The Kier molecular flexibility index (Phi) is 3.60. The van der Waals surface area contributed by atoms with Gasteiger partial charge in [-0.1, -0.05) is 6.07 Å². The number of aryl methyl sites for hydroxylation is 1. The summed E-state index contributed by atoms with van der Waals surface area (Å²) in [7, 11) is 0. The van der Waals surface area contributed by atoms with Crippen LogP contribution in [0.2, 0.25) is 0 Å². The van der Waals surface area contributed by atoms with E-state index in [0.717, 1.165) is 24.1 Å². The van der Waals surface area contributed by atoms with Gasteiger partial charge in [-0.15, -0.1) is 0 Å². The third kappa shape index (κ3) is 2.35. The van der Waals surface area contributed by atoms with Crippen LogP contribution in [0, 0.1) is 6.92 Å². The molecule has 1 heterocycles. The predicted octanol–water partition coefficient (Wildman–Crippen LogP) is 3.46. The molecule has 1 aromatic rings. The maximum atomic E-state index is 11.4. The molecule has 98 valence electrons. The zero-order chi connectivity index (χ0) is 13.3. The highest BCUT2D eigenvalue weighted by atomic mass is 16.4. The fourth-order valence-corrected chi connectivity index (χ4v) is 2.93. The van der Waals surface area contributed by atoms with Gasteiger partial charge in [0.05, 0.1) is 11.3 Å². The molecule has 0 bridgehead atoms. The van der Waals surface area contributed by atoms with Crippen molar-refractivity contribution in [1.29, 1.82) is 0 Å². The SMILES string of the molecule is Cc1ccc(C(=O)O)c(N2C(C)CCCC2C)c1. The first-order chi connectivity index (χ1) is 8.50. The molecule has 1 aliphatic heterocycles. The molecule has 0 aliphatic carbocycles. The van der Waals surface area contributed by atoms with Crippen LogP contribution < -0.4 is 4.90 Å². The normalized spacial score (nSPS) is 24.1. The largest absolute Gasteiger partial charge is 0.478 e. The highest BCUT2D eigenvalue weighted by molar-refractivity contribution is 5.94. The zero-order valence-corrected chi connectivity index (χ0v) is 11.3. The van der Waals surface area contributed by atoms with Crippen molar-refractivity contribution in [3.63, 3.8) is 0 Å². The zero-order valence-electron chi connectivity index (χ0n) is 11.3. The average molecular weight is 247 g/mol. The number of hydrogen-bond donors (Lipinski definition) is 1. The first-order valence-electron chi connectivity index (χ1n) is 6.63. The van der Waals surface area contributed by atoms with Crippen LogP contribution >= 0.6 is 0 Å². The molecule has 1 aliphatic rings. The van der Waals surface area contributed by atoms with Crippen molar-refractivity contribution in [2.24, 2.45) is 0 Å². The van der Waals surface area contributed by atoms with Crippen molar-refractivity contribution in [3.05, 3.63) is 29.3 Å². The lowest BCUT2D eigenvalue weighted by molar-refractivity contribution is 0.0697. The molecule has 1 saturated heterocycles. The fraction of sp³-hybridized carbons (Fsp3) is 0.533. The minimum atomic E-state index is -0.838. The Morgan fingerprint density at radius 1 is 1.28 bits per heavy atom. The molecule has 3 heteroatoms. The Labute approximate surface area is 108 Å². The number of benzene rings is 1. The summed E-state index contributed by atoms with van der Waals surface area (Å²) in [5.74, 6) is -0.838. The summed E-state index contributed by atoms with van der Waals surface area (Å²) >= 11 is 0. The molecule has 1 fully saturated rings. The molecule has 2 rings (SSSR count). The van der Waals surface area contributed by atoms with E-state index < -0.39 is 5.97 Å². The second-order valence-corrected chi connectivity index (χ2v) is 5.36. The lowest BCUT2D eigenvalue weighted by atomic mass is 9.95. The first-order valence-corrected chi connectivity index (χ1v) is 6.63. The van der Waals surface area contributed by atoms with E-state index in [9.17, 15) is 9.90 Å². The van der Waals surface area contributed by atoms with Crippen LogP contribution in [0.4, 0.5) is 5.69 Å². The van der Waals surface area contributed by atoms with E-state index in [4.69, 9.17) is 0 Å². The van der Waals surface area contributed by atoms with Gasteiger partial charge in [-0.05, 0) is 57.7 Å². The Balaban J connectivity index is 2.47. The third-order valence-electron chi connectivity index (χ3n) is 3.86. The molecule has 0 radical (unpaired) electrons. The van der Waals surface area contributed by atoms with E-state index in [1.165, 1.54) is 6.42 Å². The Morgan fingerprint density at radius 2 is 1.89 bits per heavy atom. The lowest BCUT2D eigenvalue weighted by Crippen LogP contribution is -2.44. The molecular weight excluding hydrogens is 226 g/mol. The molecule has 1 N–H and O–H groups in total. The molecule has 2 unspecified atom stereocenters. The molecule has 0 saturated carbocycles. The molecule has 2 atom stereocenters. The van der Waals surface area contributed by atoms with Crippen LogP contribution in [-0.2, 0) is 0 Å². The van der Waals surface area contributed by atoms with Gasteiger partial charge in [0.25, 0.3) is 0 Å². The second kappa shape index (κ2) is 5.01. The summed E-state index contributed by atoms with van der Waals surface area (Å²) in [5.41, 5.74) is 2.41. The van der Waals surface area contributed by atoms with Gasteiger partial charge in [0, 0.05) is 12.1 Å². The minimum Gasteiger partial charge on any atom is -0.478 e. The number of aromatic carboxylic acids is 1. The molecule has 0 amide bonds. The van der Waals surface area contributed by atoms with Crippen LogP contribution in [-0.4, -0.2) is 23.2 Å². The molecule has 0 spiro atoms. The summed E-state index contributed by atoms with van der Waals surface area (Å²) < 4.78 is 0. The highest BCUT2D eigenvalue weighted by Crippen LogP contribution is 2.32. The number of rotatable bonds is 2. The van der Waals surface area contributed by atoms with E-state index in [2.05, 4.69) is 18.7 Å². The van der Waals surface area contributed by atoms with E-state index in [1.807, 2.05) is 19.1 Å². The van der Waals surface area contributed by atoms with Crippen molar-refractivity contribution >= 4 is 11.7 Å². The Bertz CT molecular complexity index is 446. The highest BCUT2D eigenvalue weighted by Gasteiger charge is 2.27. The van der Waals surface area contributed by atoms with Crippen LogP contribution in [0.15, 0.2) is 18.2 Å². The van der Waals surface area contributed by atoms with Gasteiger partial charge in [0.1, 0.15) is 0 Å². The van der Waals surface area contributed by atoms with Crippen molar-refractivity contribution in [1.82, 2.24) is 0 Å². The number of carboxylic acids is 1. The summed E-state index contributed by atoms with van der Waals surface area (Å²) in [6.07, 6.45) is 3.50. The van der Waals surface area contributed by atoms with Crippen molar-refractivity contribution in [3.8, 4) is 0 Å². The lowest BCUT2D eigenvalue weighted by Gasteiger charge is -2.41. The quantitative estimate of drug-likeness (QED) is 0.870. The summed E-state index contributed by atoms with van der Waals surface area (Å²) in [4.78, 5) is 13.6. The smallest absolute Gasteiger partial charge is 0.337 e.